The summed E-state index contributed by atoms with van der Waals surface area (Å²) in [6.07, 6.45) is 4.22. The second-order valence-electron chi connectivity index (χ2n) is 4.71. The van der Waals surface area contributed by atoms with Gasteiger partial charge in [0.25, 0.3) is 0 Å². The van der Waals surface area contributed by atoms with Crippen LogP contribution in [0.25, 0.3) is 16.5 Å². The quantitative estimate of drug-likeness (QED) is 0.834. The Bertz CT molecular complexity index is 610. The number of aromatic nitrogens is 1. The molecule has 94 valence electrons. The van der Waals surface area contributed by atoms with Crippen LogP contribution in [-0.4, -0.2) is 18.1 Å². The minimum Gasteiger partial charge on any atom is -0.358 e. The fourth-order valence-corrected chi connectivity index (χ4v) is 2.71. The summed E-state index contributed by atoms with van der Waals surface area (Å²) >= 11 is 0. The first-order valence-corrected chi connectivity index (χ1v) is 6.50. The third kappa shape index (κ3) is 1.85. The molecule has 2 nitrogen and oxygen atoms in total. The van der Waals surface area contributed by atoms with Crippen molar-refractivity contribution in [1.82, 2.24) is 10.3 Å². The molecule has 0 fully saturated rings. The first-order chi connectivity index (χ1) is 8.79. The molecule has 1 aromatic carbocycles. The first kappa shape index (κ1) is 11.5. The minimum absolute atomic E-state index is 0.183. The van der Waals surface area contributed by atoms with E-state index in [1.54, 1.807) is 12.1 Å². The van der Waals surface area contributed by atoms with Gasteiger partial charge in [-0.1, -0.05) is 13.0 Å². The van der Waals surface area contributed by atoms with Crippen LogP contribution in [0.3, 0.4) is 0 Å². The third-order valence-electron chi connectivity index (χ3n) is 3.58. The number of hydrogen-bond acceptors (Lipinski definition) is 1. The number of aryl methyl sites for hydroxylation is 1. The monoisotopic (exact) mass is 244 g/mol. The predicted octanol–water partition coefficient (Wildman–Crippen LogP) is 3.25. The van der Waals surface area contributed by atoms with Crippen LogP contribution in [0.5, 0.6) is 0 Å². The number of halogens is 1. The number of aromatic amines is 1. The molecule has 1 aliphatic rings. The zero-order valence-corrected chi connectivity index (χ0v) is 10.5. The van der Waals surface area contributed by atoms with Crippen LogP contribution in [0, 0.1) is 5.82 Å². The van der Waals surface area contributed by atoms with E-state index in [1.165, 1.54) is 16.8 Å². The second kappa shape index (κ2) is 4.58. The van der Waals surface area contributed by atoms with Crippen molar-refractivity contribution < 1.29 is 4.39 Å². The summed E-state index contributed by atoms with van der Waals surface area (Å²) in [7, 11) is 0. The Labute approximate surface area is 106 Å². The number of nitrogens with one attached hydrogen (secondary N) is 2. The molecule has 2 N–H and O–H groups in total. The van der Waals surface area contributed by atoms with E-state index in [0.29, 0.717) is 0 Å². The lowest BCUT2D eigenvalue weighted by atomic mass is 9.96. The maximum Gasteiger partial charge on any atom is 0.125 e. The number of hydrogen-bond donors (Lipinski definition) is 2. The summed E-state index contributed by atoms with van der Waals surface area (Å²) in [6, 6.07) is 5.01. The van der Waals surface area contributed by atoms with E-state index in [2.05, 4.69) is 23.3 Å². The molecule has 0 unspecified atom stereocenters. The van der Waals surface area contributed by atoms with Crippen LogP contribution in [-0.2, 0) is 6.42 Å². The van der Waals surface area contributed by atoms with Crippen LogP contribution >= 0.6 is 0 Å². The van der Waals surface area contributed by atoms with E-state index in [4.69, 9.17) is 0 Å². The van der Waals surface area contributed by atoms with Crippen molar-refractivity contribution in [1.29, 1.82) is 0 Å². The molecule has 2 aromatic rings. The molecule has 0 bridgehead atoms. The normalized spacial score (nSPS) is 16.0. The van der Waals surface area contributed by atoms with Crippen molar-refractivity contribution in [2.45, 2.75) is 19.8 Å². The fraction of sp³-hybridized carbons (Fsp3) is 0.333. The van der Waals surface area contributed by atoms with Gasteiger partial charge >= 0.3 is 0 Å². The number of H-pyrrole nitrogens is 1. The van der Waals surface area contributed by atoms with Gasteiger partial charge in [0.05, 0.1) is 0 Å². The van der Waals surface area contributed by atoms with Gasteiger partial charge in [0.1, 0.15) is 5.82 Å². The lowest BCUT2D eigenvalue weighted by molar-refractivity contribution is 0.629. The average molecular weight is 244 g/mol. The molecule has 0 amide bonds. The average Bonchev–Trinajstić information content (AvgIpc) is 2.77. The fourth-order valence-electron chi connectivity index (χ4n) is 2.71. The van der Waals surface area contributed by atoms with Crippen molar-refractivity contribution in [3.05, 3.63) is 41.3 Å². The van der Waals surface area contributed by atoms with Crippen molar-refractivity contribution in [2.24, 2.45) is 0 Å². The molecule has 0 atom stereocenters. The summed E-state index contributed by atoms with van der Waals surface area (Å²) in [6.45, 7) is 4.07. The smallest absolute Gasteiger partial charge is 0.125 e. The van der Waals surface area contributed by atoms with E-state index >= 15 is 0 Å². The van der Waals surface area contributed by atoms with E-state index in [1.807, 2.05) is 6.07 Å². The molecular weight excluding hydrogens is 227 g/mol. The zero-order valence-electron chi connectivity index (χ0n) is 10.5. The Morgan fingerprint density at radius 1 is 1.33 bits per heavy atom. The molecule has 1 aliphatic heterocycles. The number of benzene rings is 1. The van der Waals surface area contributed by atoms with Gasteiger partial charge in [-0.3, -0.25) is 0 Å². The first-order valence-electron chi connectivity index (χ1n) is 6.50. The second-order valence-corrected chi connectivity index (χ2v) is 4.71. The van der Waals surface area contributed by atoms with Crippen LogP contribution < -0.4 is 5.32 Å². The zero-order chi connectivity index (χ0) is 12.5. The molecule has 2 heterocycles. The van der Waals surface area contributed by atoms with Crippen LogP contribution in [0.4, 0.5) is 4.39 Å². The van der Waals surface area contributed by atoms with Crippen LogP contribution in [0.2, 0.25) is 0 Å². The molecule has 0 saturated heterocycles. The molecular formula is C15H17FN2. The molecule has 0 radical (unpaired) electrons. The van der Waals surface area contributed by atoms with E-state index < -0.39 is 0 Å². The maximum absolute atomic E-state index is 13.3. The van der Waals surface area contributed by atoms with Crippen LogP contribution in [0.1, 0.15) is 24.6 Å². The SMILES string of the molecule is CCc1[nH]c2cc(F)ccc2c1C1=CCNCC1. The van der Waals surface area contributed by atoms with Crippen LogP contribution in [0.15, 0.2) is 24.3 Å². The van der Waals surface area contributed by atoms with Gasteiger partial charge in [-0.15, -0.1) is 0 Å². The van der Waals surface area contributed by atoms with Gasteiger partial charge in [0.2, 0.25) is 0 Å². The Kier molecular flexibility index (Phi) is 2.92. The van der Waals surface area contributed by atoms with Crippen molar-refractivity contribution in [2.75, 3.05) is 13.1 Å². The van der Waals surface area contributed by atoms with Crippen molar-refractivity contribution in [3.8, 4) is 0 Å². The standard InChI is InChI=1S/C15H17FN2/c1-2-13-15(10-5-7-17-8-6-10)12-4-3-11(16)9-14(12)18-13/h3-5,9,17-18H,2,6-8H2,1H3. The Balaban J connectivity index is 2.22. The Morgan fingerprint density at radius 3 is 2.94 bits per heavy atom. The molecule has 0 spiro atoms. The van der Waals surface area contributed by atoms with E-state index in [0.717, 1.165) is 36.8 Å². The van der Waals surface area contributed by atoms with Crippen molar-refractivity contribution >= 4 is 16.5 Å². The van der Waals surface area contributed by atoms with Gasteiger partial charge in [0.15, 0.2) is 0 Å². The lowest BCUT2D eigenvalue weighted by Crippen LogP contribution is -2.20. The van der Waals surface area contributed by atoms with Gasteiger partial charge in [-0.05, 0) is 43.2 Å². The Hall–Kier alpha value is -1.61. The summed E-state index contributed by atoms with van der Waals surface area (Å²) in [5.41, 5.74) is 4.78. The van der Waals surface area contributed by atoms with Crippen molar-refractivity contribution in [3.63, 3.8) is 0 Å². The summed E-state index contributed by atoms with van der Waals surface area (Å²) in [4.78, 5) is 3.35. The molecule has 0 aliphatic carbocycles. The third-order valence-corrected chi connectivity index (χ3v) is 3.58. The van der Waals surface area contributed by atoms with Gasteiger partial charge < -0.3 is 10.3 Å². The molecule has 1 aromatic heterocycles. The maximum atomic E-state index is 13.3. The van der Waals surface area contributed by atoms with Gasteiger partial charge in [-0.25, -0.2) is 4.39 Å². The number of fused-ring (bicyclic) bond motifs is 1. The molecule has 3 rings (SSSR count). The largest absolute Gasteiger partial charge is 0.358 e. The topological polar surface area (TPSA) is 27.8 Å². The minimum atomic E-state index is -0.183. The Morgan fingerprint density at radius 2 is 2.22 bits per heavy atom. The molecule has 3 heteroatoms. The lowest BCUT2D eigenvalue weighted by Gasteiger charge is -2.15. The summed E-state index contributed by atoms with van der Waals surface area (Å²) in [5, 5.41) is 4.46. The van der Waals surface area contributed by atoms with E-state index in [-0.39, 0.29) is 5.82 Å². The highest BCUT2D eigenvalue weighted by atomic mass is 19.1. The van der Waals surface area contributed by atoms with E-state index in [9.17, 15) is 4.39 Å². The van der Waals surface area contributed by atoms with Gasteiger partial charge in [0, 0.05) is 28.7 Å². The summed E-state index contributed by atoms with van der Waals surface area (Å²) < 4.78 is 13.3. The highest BCUT2D eigenvalue weighted by Crippen LogP contribution is 2.32. The predicted molar refractivity (Wildman–Crippen MR) is 73.1 cm³/mol. The van der Waals surface area contributed by atoms with Gasteiger partial charge in [-0.2, -0.15) is 0 Å². The molecule has 18 heavy (non-hydrogen) atoms. The molecule has 0 saturated carbocycles. The summed E-state index contributed by atoms with van der Waals surface area (Å²) in [5.74, 6) is -0.183. The highest BCUT2D eigenvalue weighted by molar-refractivity contribution is 5.94. The number of rotatable bonds is 2. The highest BCUT2D eigenvalue weighted by Gasteiger charge is 2.15.